The van der Waals surface area contributed by atoms with Gasteiger partial charge in [-0.15, -0.1) is 0 Å². The summed E-state index contributed by atoms with van der Waals surface area (Å²) < 4.78 is 13.9. The predicted octanol–water partition coefficient (Wildman–Crippen LogP) is 21.5. The summed E-state index contributed by atoms with van der Waals surface area (Å²) in [5, 5.41) is 11.4. The van der Waals surface area contributed by atoms with E-state index in [4.69, 9.17) is 8.83 Å². The lowest BCUT2D eigenvalue weighted by Crippen LogP contribution is -2.21. The predicted molar refractivity (Wildman–Crippen MR) is 335 cm³/mol. The maximum absolute atomic E-state index is 6.98. The summed E-state index contributed by atoms with van der Waals surface area (Å²) >= 11 is 0. The lowest BCUT2D eigenvalue weighted by atomic mass is 9.85. The van der Waals surface area contributed by atoms with Crippen molar-refractivity contribution >= 4 is 110 Å². The fraction of sp³-hybridized carbons (Fsp3) is 0.0263. The van der Waals surface area contributed by atoms with Crippen LogP contribution in [0.15, 0.2) is 300 Å². The molecule has 16 rings (SSSR count). The van der Waals surface area contributed by atoms with Gasteiger partial charge in [0, 0.05) is 49.6 Å². The number of allylic oxidation sites excluding steroid dienone is 4. The van der Waals surface area contributed by atoms with E-state index in [2.05, 4.69) is 295 Å². The highest BCUT2D eigenvalue weighted by molar-refractivity contribution is 6.28. The molecule has 0 fully saturated rings. The number of hydrogen-bond donors (Lipinski definition) is 0. The molecule has 1 aliphatic carbocycles. The molecule has 1 aliphatic rings. The highest BCUT2D eigenvalue weighted by Gasteiger charge is 2.30. The van der Waals surface area contributed by atoms with E-state index in [0.717, 1.165) is 112 Å². The van der Waals surface area contributed by atoms with Crippen molar-refractivity contribution in [3.63, 3.8) is 0 Å². The number of nitrogens with zero attached hydrogens (tertiary/aromatic N) is 2. The van der Waals surface area contributed by atoms with Gasteiger partial charge in [0.2, 0.25) is 0 Å². The topological polar surface area (TPSA) is 32.8 Å². The van der Waals surface area contributed by atoms with Gasteiger partial charge < -0.3 is 18.6 Å². The molecule has 0 bridgehead atoms. The molecule has 1 atom stereocenters. The molecule has 0 saturated heterocycles. The summed E-state index contributed by atoms with van der Waals surface area (Å²) in [6, 6.07) is 98.8. The second-order valence-corrected chi connectivity index (χ2v) is 21.1. The fourth-order valence-corrected chi connectivity index (χ4v) is 12.8. The van der Waals surface area contributed by atoms with E-state index >= 15 is 0 Å². The molecule has 15 aromatic rings. The minimum absolute atomic E-state index is 0.121. The highest BCUT2D eigenvalue weighted by atomic mass is 16.3. The summed E-state index contributed by atoms with van der Waals surface area (Å²) in [4.78, 5) is 4.96. The molecule has 0 spiro atoms. The van der Waals surface area contributed by atoms with Gasteiger partial charge in [0.25, 0.3) is 0 Å². The Bertz CT molecular complexity index is 4860. The first-order chi connectivity index (χ1) is 39.7. The first-order valence-electron chi connectivity index (χ1n) is 27.6. The number of anilines is 5. The third-order valence-electron chi connectivity index (χ3n) is 16.5. The van der Waals surface area contributed by atoms with Crippen LogP contribution in [-0.4, -0.2) is 0 Å². The zero-order chi connectivity index (χ0) is 52.7. The molecule has 80 heavy (non-hydrogen) atoms. The Morgan fingerprint density at radius 2 is 0.775 bits per heavy atom. The van der Waals surface area contributed by atoms with E-state index in [9.17, 15) is 0 Å². The summed E-state index contributed by atoms with van der Waals surface area (Å²) in [5.41, 5.74) is 17.9. The molecule has 0 N–H and O–H groups in total. The highest BCUT2D eigenvalue weighted by Crippen LogP contribution is 2.52. The molecule has 0 aliphatic heterocycles. The zero-order valence-corrected chi connectivity index (χ0v) is 43.6. The zero-order valence-electron chi connectivity index (χ0n) is 43.6. The van der Waals surface area contributed by atoms with Crippen LogP contribution in [0.1, 0.15) is 23.5 Å². The Labute approximate surface area is 462 Å². The maximum atomic E-state index is 6.98. The van der Waals surface area contributed by atoms with Gasteiger partial charge >= 0.3 is 0 Å². The van der Waals surface area contributed by atoms with Gasteiger partial charge in [-0.25, -0.2) is 0 Å². The molecule has 0 amide bonds. The monoisotopic (exact) mass is 1020 g/mol. The summed E-state index contributed by atoms with van der Waals surface area (Å²) in [7, 11) is 0. The molecule has 1 unspecified atom stereocenters. The first kappa shape index (κ1) is 45.7. The second kappa shape index (κ2) is 18.7. The van der Waals surface area contributed by atoms with E-state index in [1.807, 2.05) is 0 Å². The minimum atomic E-state index is 0.121. The Balaban J connectivity index is 0.964. The standard InChI is InChI=1S/C76H50N2O2/c1-5-19-49(20-6-1)55-43-56(50-21-7-2-8-22-50)46-59(45-55)77(69-31-17-29-63-61-27-13-15-33-71(61)79-75(63)69)67-41-37-53-36-40-66-68(42-38-54-35-39-65(67)73(53)74(54)66)78(70-32-18-30-64-62-28-14-16-34-72(62)80-76(64)70)60-47-57(51-23-9-3-10-24-51)44-58(48-60)52-25-11-4-12-26-52/h1-47,58H,48H2. The number of fused-ring (bicyclic) bond motifs is 6. The first-order valence-corrected chi connectivity index (χ1v) is 27.6. The average Bonchev–Trinajstić information content (AvgIpc) is 4.26. The molecule has 0 radical (unpaired) electrons. The van der Waals surface area contributed by atoms with Gasteiger partial charge in [0.15, 0.2) is 11.2 Å². The maximum Gasteiger partial charge on any atom is 0.159 e. The van der Waals surface area contributed by atoms with Crippen LogP contribution in [-0.2, 0) is 0 Å². The molecule has 2 aromatic heterocycles. The summed E-state index contributed by atoms with van der Waals surface area (Å²) in [5.74, 6) is 0.121. The van der Waals surface area contributed by atoms with Gasteiger partial charge in [-0.1, -0.05) is 224 Å². The molecule has 13 aromatic carbocycles. The van der Waals surface area contributed by atoms with Crippen LogP contribution in [0, 0.1) is 0 Å². The Morgan fingerprint density at radius 1 is 0.325 bits per heavy atom. The van der Waals surface area contributed by atoms with Crippen LogP contribution >= 0.6 is 0 Å². The number of hydrogen-bond acceptors (Lipinski definition) is 4. The lowest BCUT2D eigenvalue weighted by Gasteiger charge is -2.34. The van der Waals surface area contributed by atoms with Crippen LogP contribution < -0.4 is 9.80 Å². The second-order valence-electron chi connectivity index (χ2n) is 21.1. The van der Waals surface area contributed by atoms with Crippen molar-refractivity contribution in [2.45, 2.75) is 12.3 Å². The molecular formula is C76H50N2O2. The smallest absolute Gasteiger partial charge is 0.159 e. The number of benzene rings is 13. The largest absolute Gasteiger partial charge is 0.454 e. The van der Waals surface area contributed by atoms with E-state index in [1.165, 1.54) is 43.9 Å². The van der Waals surface area contributed by atoms with E-state index < -0.39 is 0 Å². The molecule has 376 valence electrons. The SMILES string of the molecule is C1=C(c2ccccc2)C=C(N(c2ccc3ccc4c(N(c5cc(-c6ccccc6)cc(-c6ccccc6)c5)c5cccc6c5oc5ccccc56)ccc5ccc2c3c54)c2cccc3c2oc2ccccc23)CC1c1ccccc1. The van der Waals surface area contributed by atoms with Gasteiger partial charge in [0.1, 0.15) is 11.2 Å². The Kier molecular flexibility index (Phi) is 10.7. The van der Waals surface area contributed by atoms with Crippen molar-refractivity contribution in [2.75, 3.05) is 9.80 Å². The van der Waals surface area contributed by atoms with Crippen molar-refractivity contribution in [1.82, 2.24) is 0 Å². The lowest BCUT2D eigenvalue weighted by molar-refractivity contribution is 0.668. The Morgan fingerprint density at radius 3 is 1.32 bits per heavy atom. The molecular weight excluding hydrogens is 973 g/mol. The van der Waals surface area contributed by atoms with Gasteiger partial charge in [-0.05, 0) is 128 Å². The van der Waals surface area contributed by atoms with Crippen molar-refractivity contribution in [3.05, 3.63) is 302 Å². The minimum Gasteiger partial charge on any atom is -0.454 e. The van der Waals surface area contributed by atoms with Crippen molar-refractivity contribution < 1.29 is 8.83 Å². The molecule has 2 heterocycles. The number of para-hydroxylation sites is 4. The number of furan rings is 2. The summed E-state index contributed by atoms with van der Waals surface area (Å²) in [6.45, 7) is 0. The fourth-order valence-electron chi connectivity index (χ4n) is 12.8. The molecule has 0 saturated carbocycles. The van der Waals surface area contributed by atoms with Crippen molar-refractivity contribution in [2.24, 2.45) is 0 Å². The average molecular weight is 1020 g/mol. The van der Waals surface area contributed by atoms with Crippen LogP contribution in [0.25, 0.3) is 104 Å². The van der Waals surface area contributed by atoms with E-state index in [0.29, 0.717) is 0 Å². The quantitative estimate of drug-likeness (QED) is 0.128. The molecule has 4 heteroatoms. The van der Waals surface area contributed by atoms with Crippen molar-refractivity contribution in [1.29, 1.82) is 0 Å². The van der Waals surface area contributed by atoms with Crippen LogP contribution in [0.3, 0.4) is 0 Å². The normalized spacial score (nSPS) is 13.7. The van der Waals surface area contributed by atoms with Gasteiger partial charge in [-0.2, -0.15) is 0 Å². The third kappa shape index (κ3) is 7.52. The van der Waals surface area contributed by atoms with E-state index in [-0.39, 0.29) is 5.92 Å². The van der Waals surface area contributed by atoms with Crippen LogP contribution in [0.2, 0.25) is 0 Å². The third-order valence-corrected chi connectivity index (χ3v) is 16.5. The van der Waals surface area contributed by atoms with E-state index in [1.54, 1.807) is 0 Å². The number of rotatable bonds is 10. The summed E-state index contributed by atoms with van der Waals surface area (Å²) in [6.07, 6.45) is 5.64. The van der Waals surface area contributed by atoms with Crippen LogP contribution in [0.4, 0.5) is 28.4 Å². The van der Waals surface area contributed by atoms with Gasteiger partial charge in [-0.3, -0.25) is 0 Å². The molecule has 4 nitrogen and oxygen atoms in total. The Hall–Kier alpha value is -10.4. The van der Waals surface area contributed by atoms with Gasteiger partial charge in [0.05, 0.1) is 22.7 Å². The van der Waals surface area contributed by atoms with Crippen LogP contribution in [0.5, 0.6) is 0 Å². The van der Waals surface area contributed by atoms with Crippen molar-refractivity contribution in [3.8, 4) is 22.3 Å².